The van der Waals surface area contributed by atoms with E-state index < -0.39 is 35.8 Å². The van der Waals surface area contributed by atoms with Gasteiger partial charge in [0.1, 0.15) is 62.9 Å². The Bertz CT molecular complexity index is 2130. The van der Waals surface area contributed by atoms with Gasteiger partial charge in [-0.15, -0.1) is 0 Å². The van der Waals surface area contributed by atoms with Crippen LogP contribution in [0.25, 0.3) is 12.2 Å². The van der Waals surface area contributed by atoms with Crippen LogP contribution in [0.15, 0.2) is 109 Å². The van der Waals surface area contributed by atoms with Crippen molar-refractivity contribution in [3.8, 4) is 12.1 Å². The predicted molar refractivity (Wildman–Crippen MR) is 246 cm³/mol. The van der Waals surface area contributed by atoms with Gasteiger partial charge in [0.15, 0.2) is 0 Å². The lowest BCUT2D eigenvalue weighted by Crippen LogP contribution is -2.29. The fourth-order valence-electron chi connectivity index (χ4n) is 5.87. The lowest BCUT2D eigenvalue weighted by atomic mass is 10.1. The van der Waals surface area contributed by atoms with E-state index in [2.05, 4.69) is 36.8 Å². The highest BCUT2D eigenvalue weighted by Gasteiger charge is 2.17. The third-order valence-electron chi connectivity index (χ3n) is 9.36. The van der Waals surface area contributed by atoms with Gasteiger partial charge in [0, 0.05) is 36.6 Å². The van der Waals surface area contributed by atoms with E-state index >= 15 is 0 Å². The highest BCUT2D eigenvalue weighted by atomic mass is 16.6. The molecule has 0 unspecified atom stereocenters. The summed E-state index contributed by atoms with van der Waals surface area (Å²) in [6, 6.07) is 24.1. The average molecular weight is 903 g/mol. The summed E-state index contributed by atoms with van der Waals surface area (Å²) in [5.74, 6) is -4.23. The Balaban J connectivity index is 1.56. The van der Waals surface area contributed by atoms with Gasteiger partial charge in [-0.1, -0.05) is 70.2 Å². The van der Waals surface area contributed by atoms with E-state index in [0.29, 0.717) is 37.3 Å². The minimum atomic E-state index is -0.854. The first-order chi connectivity index (χ1) is 32.0. The number of esters is 6. The molecule has 0 amide bonds. The molecule has 66 heavy (non-hydrogen) atoms. The number of carbonyl (C=O) groups is 6. The van der Waals surface area contributed by atoms with Crippen molar-refractivity contribution in [1.29, 1.82) is 10.5 Å². The normalized spacial score (nSPS) is 10.8. The molecular formula is C50H54N4O12. The standard InChI is InChI=1S/C50H54N4O12/c1-5-9-22-53(43-18-14-37(15-19-43)32-41(35-51)49(59)65-30-28-61-45(55)7-3)24-26-63-47(57)39-12-11-13-40(34-39)48(58)64-27-25-54(23-10-6-2)44-20-16-38(17-21-44)33-42(36-52)50(60)66-31-29-62-46(56)8-4/h7-8,11-21,32-34H,3-6,9-10,22-31H2,1-2H3. The van der Waals surface area contributed by atoms with Gasteiger partial charge < -0.3 is 38.2 Å². The summed E-state index contributed by atoms with van der Waals surface area (Å²) in [4.78, 5) is 77.4. The van der Waals surface area contributed by atoms with Crippen molar-refractivity contribution in [2.24, 2.45) is 0 Å². The fourth-order valence-corrected chi connectivity index (χ4v) is 5.87. The van der Waals surface area contributed by atoms with Gasteiger partial charge in [0.2, 0.25) is 0 Å². The largest absolute Gasteiger partial charge is 0.460 e. The fraction of sp³-hybridized carbons (Fsp3) is 0.320. The lowest BCUT2D eigenvalue weighted by Gasteiger charge is -2.25. The molecule has 16 heteroatoms. The second kappa shape index (κ2) is 29.4. The third kappa shape index (κ3) is 18.4. The molecule has 3 aromatic rings. The summed E-state index contributed by atoms with van der Waals surface area (Å²) < 4.78 is 30.8. The summed E-state index contributed by atoms with van der Waals surface area (Å²) in [5, 5.41) is 19.0. The molecule has 0 fully saturated rings. The number of unbranched alkanes of at least 4 members (excludes halogenated alkanes) is 2. The SMILES string of the molecule is C=CC(=O)OCCOC(=O)C(C#N)=Cc1ccc(N(CCCC)CCOC(=O)c2cccc(C(=O)OCCN(CCCC)c3ccc(C=C(C#N)C(=O)OCCOC(=O)C=C)cc3)c2)cc1. The van der Waals surface area contributed by atoms with E-state index in [-0.39, 0.29) is 61.9 Å². The highest BCUT2D eigenvalue weighted by molar-refractivity contribution is 5.99. The van der Waals surface area contributed by atoms with Crippen molar-refractivity contribution in [3.05, 3.63) is 132 Å². The minimum absolute atomic E-state index is 0.0545. The Morgan fingerprint density at radius 2 is 0.909 bits per heavy atom. The number of nitrogens with zero attached hydrogens (tertiary/aromatic N) is 4. The van der Waals surface area contributed by atoms with Crippen molar-refractivity contribution >= 4 is 59.3 Å². The molecule has 0 saturated heterocycles. The Labute approximate surface area is 384 Å². The summed E-state index contributed by atoms with van der Waals surface area (Å²) in [6.45, 7) is 12.1. The zero-order chi connectivity index (χ0) is 48.1. The number of ether oxygens (including phenoxy) is 6. The molecule has 3 rings (SSSR count). The summed E-state index contributed by atoms with van der Waals surface area (Å²) in [5.41, 5.74) is 2.75. The second-order valence-corrected chi connectivity index (χ2v) is 14.1. The van der Waals surface area contributed by atoms with Crippen molar-refractivity contribution in [1.82, 2.24) is 0 Å². The van der Waals surface area contributed by atoms with Crippen LogP contribution in [0.3, 0.4) is 0 Å². The Hall–Kier alpha value is -7.98. The molecular weight excluding hydrogens is 849 g/mol. The zero-order valence-corrected chi connectivity index (χ0v) is 37.2. The van der Waals surface area contributed by atoms with E-state index in [4.69, 9.17) is 28.4 Å². The number of carbonyl (C=O) groups excluding carboxylic acids is 6. The minimum Gasteiger partial charge on any atom is -0.460 e. The first-order valence-corrected chi connectivity index (χ1v) is 21.3. The monoisotopic (exact) mass is 902 g/mol. The molecule has 0 aliphatic rings. The first kappa shape index (κ1) is 52.4. The van der Waals surface area contributed by atoms with Crippen molar-refractivity contribution in [3.63, 3.8) is 0 Å². The van der Waals surface area contributed by atoms with Crippen LogP contribution in [0.4, 0.5) is 11.4 Å². The van der Waals surface area contributed by atoms with Crippen LogP contribution in [0.5, 0.6) is 0 Å². The predicted octanol–water partition coefficient (Wildman–Crippen LogP) is 6.97. The molecule has 0 aliphatic carbocycles. The molecule has 0 aliphatic heterocycles. The van der Waals surface area contributed by atoms with Crippen molar-refractivity contribution in [2.75, 3.05) is 75.6 Å². The van der Waals surface area contributed by atoms with Gasteiger partial charge in [0.25, 0.3) is 0 Å². The Morgan fingerprint density at radius 3 is 1.26 bits per heavy atom. The van der Waals surface area contributed by atoms with Gasteiger partial charge in [0.05, 0.1) is 24.2 Å². The maximum absolute atomic E-state index is 13.1. The summed E-state index contributed by atoms with van der Waals surface area (Å²) in [6.07, 6.45) is 8.36. The zero-order valence-electron chi connectivity index (χ0n) is 37.2. The number of hydrogen-bond donors (Lipinski definition) is 0. The van der Waals surface area contributed by atoms with E-state index in [1.54, 1.807) is 42.5 Å². The van der Waals surface area contributed by atoms with Gasteiger partial charge in [-0.05, 0) is 78.6 Å². The van der Waals surface area contributed by atoms with Gasteiger partial charge >= 0.3 is 35.8 Å². The number of rotatable bonds is 28. The molecule has 0 N–H and O–H groups in total. The van der Waals surface area contributed by atoms with Crippen LogP contribution in [0.1, 0.15) is 71.4 Å². The van der Waals surface area contributed by atoms with Crippen LogP contribution in [-0.4, -0.2) is 102 Å². The van der Waals surface area contributed by atoms with Crippen LogP contribution in [0.2, 0.25) is 0 Å². The van der Waals surface area contributed by atoms with Crippen LogP contribution < -0.4 is 9.80 Å². The van der Waals surface area contributed by atoms with E-state index in [9.17, 15) is 39.3 Å². The molecule has 0 saturated carbocycles. The molecule has 0 aromatic heterocycles. The number of benzene rings is 3. The van der Waals surface area contributed by atoms with Crippen molar-refractivity contribution in [2.45, 2.75) is 39.5 Å². The van der Waals surface area contributed by atoms with E-state index in [1.165, 1.54) is 18.2 Å². The van der Waals surface area contributed by atoms with Gasteiger partial charge in [-0.2, -0.15) is 10.5 Å². The van der Waals surface area contributed by atoms with E-state index in [1.807, 2.05) is 36.4 Å². The maximum atomic E-state index is 13.1. The number of hydrogen-bond acceptors (Lipinski definition) is 16. The van der Waals surface area contributed by atoms with Crippen LogP contribution in [0, 0.1) is 22.7 Å². The van der Waals surface area contributed by atoms with Gasteiger partial charge in [-0.25, -0.2) is 28.8 Å². The highest BCUT2D eigenvalue weighted by Crippen LogP contribution is 2.20. The summed E-state index contributed by atoms with van der Waals surface area (Å²) >= 11 is 0. The number of anilines is 2. The second-order valence-electron chi connectivity index (χ2n) is 14.1. The van der Waals surface area contributed by atoms with Gasteiger partial charge in [-0.3, -0.25) is 0 Å². The van der Waals surface area contributed by atoms with Crippen LogP contribution in [-0.2, 0) is 47.6 Å². The molecule has 16 nitrogen and oxygen atoms in total. The molecule has 0 spiro atoms. The van der Waals surface area contributed by atoms with Crippen molar-refractivity contribution < 1.29 is 57.2 Å². The maximum Gasteiger partial charge on any atom is 0.349 e. The smallest absolute Gasteiger partial charge is 0.349 e. The molecule has 0 radical (unpaired) electrons. The molecule has 0 bridgehead atoms. The average Bonchev–Trinajstić information content (AvgIpc) is 3.34. The quantitative estimate of drug-likeness (QED) is 0.0237. The van der Waals surface area contributed by atoms with E-state index in [0.717, 1.165) is 49.2 Å². The topological polar surface area (TPSA) is 212 Å². The summed E-state index contributed by atoms with van der Waals surface area (Å²) in [7, 11) is 0. The molecule has 346 valence electrons. The van der Waals surface area contributed by atoms with Crippen LogP contribution >= 0.6 is 0 Å². The lowest BCUT2D eigenvalue weighted by molar-refractivity contribution is -0.146. The first-order valence-electron chi connectivity index (χ1n) is 21.3. The third-order valence-corrected chi connectivity index (χ3v) is 9.36. The number of nitriles is 2. The Kier molecular flexibility index (Phi) is 23.3. The molecule has 3 aromatic carbocycles. The Morgan fingerprint density at radius 1 is 0.530 bits per heavy atom. The molecule has 0 heterocycles. The molecule has 0 atom stereocenters.